The zero-order valence-corrected chi connectivity index (χ0v) is 12.1. The van der Waals surface area contributed by atoms with E-state index >= 15 is 0 Å². The van der Waals surface area contributed by atoms with Gasteiger partial charge in [-0.3, -0.25) is 4.79 Å². The molecule has 112 valence electrons. The third-order valence-corrected chi connectivity index (χ3v) is 4.59. The molecule has 1 aromatic heterocycles. The van der Waals surface area contributed by atoms with Gasteiger partial charge in [0.15, 0.2) is 0 Å². The highest BCUT2D eigenvalue weighted by Gasteiger charge is 2.29. The number of hydrogen-bond acceptors (Lipinski definition) is 4. The predicted molar refractivity (Wildman–Crippen MR) is 81.8 cm³/mol. The molecule has 5 heteroatoms. The highest BCUT2D eigenvalue weighted by Crippen LogP contribution is 2.27. The molecule has 0 radical (unpaired) electrons. The minimum atomic E-state index is -0.751. The van der Waals surface area contributed by atoms with E-state index in [4.69, 9.17) is 5.11 Å². The van der Waals surface area contributed by atoms with Crippen molar-refractivity contribution in [3.63, 3.8) is 0 Å². The SMILES string of the molecule is O=C(O)C1Cc2cnc(NC3Cc4ccccc4C3)nc2C1. The van der Waals surface area contributed by atoms with Crippen molar-refractivity contribution in [2.75, 3.05) is 5.32 Å². The molecule has 1 atom stereocenters. The van der Waals surface area contributed by atoms with Crippen LogP contribution in [0.2, 0.25) is 0 Å². The van der Waals surface area contributed by atoms with Crippen LogP contribution in [0.1, 0.15) is 22.4 Å². The van der Waals surface area contributed by atoms with Crippen LogP contribution in [0.5, 0.6) is 0 Å². The molecule has 0 amide bonds. The summed E-state index contributed by atoms with van der Waals surface area (Å²) in [7, 11) is 0. The van der Waals surface area contributed by atoms with Gasteiger partial charge < -0.3 is 10.4 Å². The molecule has 0 spiro atoms. The molecule has 1 heterocycles. The Bertz CT molecular complexity index is 719. The number of aliphatic carboxylic acids is 1. The number of nitrogens with zero attached hydrogens (tertiary/aromatic N) is 2. The fraction of sp³-hybridized carbons (Fsp3) is 0.353. The monoisotopic (exact) mass is 295 g/mol. The van der Waals surface area contributed by atoms with Crippen molar-refractivity contribution in [2.45, 2.75) is 31.7 Å². The summed E-state index contributed by atoms with van der Waals surface area (Å²) in [6, 6.07) is 8.78. The molecule has 1 aromatic carbocycles. The summed E-state index contributed by atoms with van der Waals surface area (Å²) >= 11 is 0. The molecule has 2 aliphatic rings. The summed E-state index contributed by atoms with van der Waals surface area (Å²) in [5.74, 6) is -0.489. The highest BCUT2D eigenvalue weighted by molar-refractivity contribution is 5.72. The van der Waals surface area contributed by atoms with Crippen LogP contribution < -0.4 is 5.32 Å². The van der Waals surface area contributed by atoms with Crippen molar-refractivity contribution in [1.82, 2.24) is 9.97 Å². The number of rotatable bonds is 3. The number of benzene rings is 1. The van der Waals surface area contributed by atoms with Gasteiger partial charge in [0.05, 0.1) is 11.6 Å². The topological polar surface area (TPSA) is 75.1 Å². The van der Waals surface area contributed by atoms with Crippen LogP contribution >= 0.6 is 0 Å². The van der Waals surface area contributed by atoms with E-state index in [2.05, 4.69) is 39.6 Å². The molecule has 1 unspecified atom stereocenters. The van der Waals surface area contributed by atoms with Gasteiger partial charge >= 0.3 is 5.97 Å². The summed E-state index contributed by atoms with van der Waals surface area (Å²) in [5.41, 5.74) is 4.60. The number of anilines is 1. The smallest absolute Gasteiger partial charge is 0.307 e. The maximum Gasteiger partial charge on any atom is 0.307 e. The van der Waals surface area contributed by atoms with E-state index in [9.17, 15) is 4.79 Å². The molecule has 0 fully saturated rings. The third kappa shape index (κ3) is 2.32. The van der Waals surface area contributed by atoms with Crippen LogP contribution in [0, 0.1) is 5.92 Å². The summed E-state index contributed by atoms with van der Waals surface area (Å²) in [6.07, 6.45) is 4.78. The van der Waals surface area contributed by atoms with Crippen LogP contribution in [-0.2, 0) is 30.5 Å². The van der Waals surface area contributed by atoms with E-state index in [0.29, 0.717) is 24.8 Å². The molecule has 4 rings (SSSR count). The Morgan fingerprint density at radius 2 is 1.82 bits per heavy atom. The molecule has 5 nitrogen and oxygen atoms in total. The lowest BCUT2D eigenvalue weighted by Crippen LogP contribution is -2.21. The number of nitrogens with one attached hydrogen (secondary N) is 1. The minimum Gasteiger partial charge on any atom is -0.481 e. The molecule has 2 N–H and O–H groups in total. The second kappa shape index (κ2) is 5.09. The maximum atomic E-state index is 11.1. The fourth-order valence-corrected chi connectivity index (χ4v) is 3.45. The molecule has 2 aromatic rings. The first kappa shape index (κ1) is 13.2. The van der Waals surface area contributed by atoms with Crippen LogP contribution in [0.4, 0.5) is 5.95 Å². The van der Waals surface area contributed by atoms with Gasteiger partial charge in [0.1, 0.15) is 0 Å². The summed E-state index contributed by atoms with van der Waals surface area (Å²) in [5, 5.41) is 12.5. The van der Waals surface area contributed by atoms with Crippen molar-refractivity contribution >= 4 is 11.9 Å². The van der Waals surface area contributed by atoms with Crippen LogP contribution in [-0.4, -0.2) is 27.1 Å². The first-order valence-electron chi connectivity index (χ1n) is 7.60. The van der Waals surface area contributed by atoms with Crippen molar-refractivity contribution in [2.24, 2.45) is 5.92 Å². The Kier molecular flexibility index (Phi) is 3.06. The maximum absolute atomic E-state index is 11.1. The Balaban J connectivity index is 1.48. The highest BCUT2D eigenvalue weighted by atomic mass is 16.4. The van der Waals surface area contributed by atoms with Gasteiger partial charge in [-0.25, -0.2) is 9.97 Å². The van der Waals surface area contributed by atoms with Crippen molar-refractivity contribution < 1.29 is 9.90 Å². The average Bonchev–Trinajstić information content (AvgIpc) is 3.09. The summed E-state index contributed by atoms with van der Waals surface area (Å²) in [4.78, 5) is 20.0. The Morgan fingerprint density at radius 3 is 2.50 bits per heavy atom. The van der Waals surface area contributed by atoms with E-state index in [-0.39, 0.29) is 5.92 Å². The normalized spacial score (nSPS) is 19.7. The van der Waals surface area contributed by atoms with E-state index in [0.717, 1.165) is 24.1 Å². The van der Waals surface area contributed by atoms with Crippen LogP contribution in [0.3, 0.4) is 0 Å². The quantitative estimate of drug-likeness (QED) is 0.904. The number of hydrogen-bond donors (Lipinski definition) is 2. The van der Waals surface area contributed by atoms with Crippen LogP contribution in [0.15, 0.2) is 30.5 Å². The van der Waals surface area contributed by atoms with E-state index in [1.165, 1.54) is 11.1 Å². The Hall–Kier alpha value is -2.43. The van der Waals surface area contributed by atoms with Crippen molar-refractivity contribution in [3.8, 4) is 0 Å². The zero-order chi connectivity index (χ0) is 15.1. The molecule has 0 saturated carbocycles. The molecule has 22 heavy (non-hydrogen) atoms. The second-order valence-corrected chi connectivity index (χ2v) is 6.13. The second-order valence-electron chi connectivity index (χ2n) is 6.13. The number of aromatic nitrogens is 2. The molecular weight excluding hydrogens is 278 g/mol. The number of carbonyl (C=O) groups is 1. The molecule has 0 aliphatic heterocycles. The lowest BCUT2D eigenvalue weighted by Gasteiger charge is -2.12. The van der Waals surface area contributed by atoms with Gasteiger partial charge in [0.2, 0.25) is 5.95 Å². The van der Waals surface area contributed by atoms with E-state index in [1.807, 2.05) is 0 Å². The zero-order valence-electron chi connectivity index (χ0n) is 12.1. The van der Waals surface area contributed by atoms with Gasteiger partial charge in [-0.1, -0.05) is 24.3 Å². The minimum absolute atomic E-state index is 0.312. The molecule has 0 saturated heterocycles. The lowest BCUT2D eigenvalue weighted by molar-refractivity contribution is -0.141. The summed E-state index contributed by atoms with van der Waals surface area (Å²) in [6.45, 7) is 0. The third-order valence-electron chi connectivity index (χ3n) is 4.59. The first-order chi connectivity index (χ1) is 10.7. The van der Waals surface area contributed by atoms with Gasteiger partial charge in [-0.05, 0) is 36.0 Å². The Labute approximate surface area is 128 Å². The number of fused-ring (bicyclic) bond motifs is 2. The average molecular weight is 295 g/mol. The van der Waals surface area contributed by atoms with Crippen molar-refractivity contribution in [3.05, 3.63) is 52.8 Å². The molecular formula is C17H17N3O2. The number of carboxylic acids is 1. The predicted octanol–water partition coefficient (Wildman–Crippen LogP) is 1.86. The van der Waals surface area contributed by atoms with Crippen LogP contribution in [0.25, 0.3) is 0 Å². The summed E-state index contributed by atoms with van der Waals surface area (Å²) < 4.78 is 0. The standard InChI is InChI=1S/C17H17N3O2/c21-16(22)12-5-13-9-18-17(20-15(13)8-12)19-14-6-10-3-1-2-4-11(10)7-14/h1-4,9,12,14H,5-8H2,(H,21,22)(H,18,19,20). The van der Waals surface area contributed by atoms with E-state index < -0.39 is 5.97 Å². The largest absolute Gasteiger partial charge is 0.481 e. The van der Waals surface area contributed by atoms with Gasteiger partial charge in [-0.2, -0.15) is 0 Å². The van der Waals surface area contributed by atoms with Crippen molar-refractivity contribution in [1.29, 1.82) is 0 Å². The van der Waals surface area contributed by atoms with Gasteiger partial charge in [0.25, 0.3) is 0 Å². The first-order valence-corrected chi connectivity index (χ1v) is 7.60. The van der Waals surface area contributed by atoms with Gasteiger partial charge in [-0.15, -0.1) is 0 Å². The van der Waals surface area contributed by atoms with Gasteiger partial charge in [0, 0.05) is 18.7 Å². The Morgan fingerprint density at radius 1 is 1.09 bits per heavy atom. The van der Waals surface area contributed by atoms with E-state index in [1.54, 1.807) is 6.20 Å². The number of carboxylic acid groups (broad SMARTS) is 1. The molecule has 0 bridgehead atoms. The molecule has 2 aliphatic carbocycles. The lowest BCUT2D eigenvalue weighted by atomic mass is 10.1. The fourth-order valence-electron chi connectivity index (χ4n) is 3.45.